The first-order valence-electron chi connectivity index (χ1n) is 3.46. The van der Waals surface area contributed by atoms with Gasteiger partial charge in [-0.05, 0) is 0 Å². The first kappa shape index (κ1) is 6.34. The van der Waals surface area contributed by atoms with E-state index in [1.807, 2.05) is 11.8 Å². The standard InChI is InChI=1S/C6H10N2OS/c1-3-5-4(2-10-3)7-6(9)8-5/h3-5H,2H2,1H3,(H2,7,8,9)/t3-,4?,5+/m0/s1. The third-order valence-electron chi connectivity index (χ3n) is 2.09. The van der Waals surface area contributed by atoms with Crippen molar-refractivity contribution in [2.24, 2.45) is 0 Å². The average molecular weight is 158 g/mol. The third kappa shape index (κ3) is 0.785. The highest BCUT2D eigenvalue weighted by atomic mass is 32.2. The summed E-state index contributed by atoms with van der Waals surface area (Å²) in [4.78, 5) is 10.8. The van der Waals surface area contributed by atoms with Crippen LogP contribution in [-0.2, 0) is 0 Å². The predicted octanol–water partition coefficient (Wildman–Crippen LogP) is 0.172. The van der Waals surface area contributed by atoms with Gasteiger partial charge in [-0.2, -0.15) is 11.8 Å². The van der Waals surface area contributed by atoms with E-state index in [1.165, 1.54) is 0 Å². The number of thioether (sulfide) groups is 1. The molecule has 2 fully saturated rings. The van der Waals surface area contributed by atoms with Crippen molar-refractivity contribution >= 4 is 17.8 Å². The van der Waals surface area contributed by atoms with Gasteiger partial charge in [-0.25, -0.2) is 4.79 Å². The van der Waals surface area contributed by atoms with Crippen LogP contribution in [0.15, 0.2) is 0 Å². The van der Waals surface area contributed by atoms with Crippen LogP contribution in [0.3, 0.4) is 0 Å². The Morgan fingerprint density at radius 3 is 3.10 bits per heavy atom. The van der Waals surface area contributed by atoms with E-state index in [4.69, 9.17) is 0 Å². The van der Waals surface area contributed by atoms with E-state index in [2.05, 4.69) is 17.6 Å². The van der Waals surface area contributed by atoms with Crippen LogP contribution in [0.1, 0.15) is 6.92 Å². The molecule has 2 heterocycles. The van der Waals surface area contributed by atoms with Gasteiger partial charge in [0, 0.05) is 11.0 Å². The molecule has 2 aliphatic heterocycles. The summed E-state index contributed by atoms with van der Waals surface area (Å²) in [6, 6.07) is 0.757. The Balaban J connectivity index is 2.12. The van der Waals surface area contributed by atoms with Gasteiger partial charge >= 0.3 is 6.03 Å². The number of nitrogens with one attached hydrogen (secondary N) is 2. The highest BCUT2D eigenvalue weighted by Crippen LogP contribution is 2.28. The third-order valence-corrected chi connectivity index (χ3v) is 3.46. The van der Waals surface area contributed by atoms with Gasteiger partial charge in [0.2, 0.25) is 0 Å². The molecule has 3 atom stereocenters. The first-order chi connectivity index (χ1) is 4.77. The Hall–Kier alpha value is -0.380. The summed E-state index contributed by atoms with van der Waals surface area (Å²) in [5.74, 6) is 1.06. The van der Waals surface area contributed by atoms with Gasteiger partial charge in [0.25, 0.3) is 0 Å². The summed E-state index contributed by atoms with van der Waals surface area (Å²) >= 11 is 1.91. The van der Waals surface area contributed by atoms with E-state index in [1.54, 1.807) is 0 Å². The lowest BCUT2D eigenvalue weighted by Gasteiger charge is -2.09. The maximum Gasteiger partial charge on any atom is 0.315 e. The van der Waals surface area contributed by atoms with Crippen molar-refractivity contribution in [3.8, 4) is 0 Å². The largest absolute Gasteiger partial charge is 0.332 e. The molecule has 1 unspecified atom stereocenters. The number of rotatable bonds is 0. The van der Waals surface area contributed by atoms with Crippen LogP contribution in [0, 0.1) is 0 Å². The summed E-state index contributed by atoms with van der Waals surface area (Å²) < 4.78 is 0. The molecular weight excluding hydrogens is 148 g/mol. The lowest BCUT2D eigenvalue weighted by molar-refractivity contribution is 0.247. The molecule has 0 aliphatic carbocycles. The Kier molecular flexibility index (Phi) is 1.30. The van der Waals surface area contributed by atoms with Crippen molar-refractivity contribution in [3.05, 3.63) is 0 Å². The normalized spacial score (nSPS) is 44.5. The molecule has 56 valence electrons. The Bertz CT molecular complexity index is 173. The minimum absolute atomic E-state index is 0.00199. The fourth-order valence-electron chi connectivity index (χ4n) is 1.50. The van der Waals surface area contributed by atoms with Crippen LogP contribution >= 0.6 is 11.8 Å². The van der Waals surface area contributed by atoms with Gasteiger partial charge in [-0.3, -0.25) is 0 Å². The summed E-state index contributed by atoms with van der Waals surface area (Å²) in [6.45, 7) is 2.16. The molecule has 2 aliphatic rings. The van der Waals surface area contributed by atoms with E-state index in [9.17, 15) is 4.79 Å². The zero-order valence-electron chi connectivity index (χ0n) is 5.76. The molecule has 0 radical (unpaired) electrons. The van der Waals surface area contributed by atoms with Crippen LogP contribution in [0.2, 0.25) is 0 Å². The van der Waals surface area contributed by atoms with Crippen LogP contribution in [0.5, 0.6) is 0 Å². The monoisotopic (exact) mass is 158 g/mol. The van der Waals surface area contributed by atoms with E-state index >= 15 is 0 Å². The number of amides is 2. The van der Waals surface area contributed by atoms with Gasteiger partial charge in [0.15, 0.2) is 0 Å². The second-order valence-electron chi connectivity index (χ2n) is 2.79. The quantitative estimate of drug-likeness (QED) is 0.493. The minimum Gasteiger partial charge on any atom is -0.332 e. The van der Waals surface area contributed by atoms with Crippen molar-refractivity contribution in [2.45, 2.75) is 24.3 Å². The zero-order valence-corrected chi connectivity index (χ0v) is 6.57. The number of carbonyl (C=O) groups is 1. The maximum absolute atomic E-state index is 10.8. The first-order valence-corrected chi connectivity index (χ1v) is 4.51. The smallest absolute Gasteiger partial charge is 0.315 e. The summed E-state index contributed by atoms with van der Waals surface area (Å²) in [5, 5.41) is 6.34. The lowest BCUT2D eigenvalue weighted by Crippen LogP contribution is -2.35. The number of hydrogen-bond donors (Lipinski definition) is 2. The molecule has 0 aromatic heterocycles. The molecule has 0 aromatic carbocycles. The topological polar surface area (TPSA) is 41.1 Å². The van der Waals surface area contributed by atoms with Crippen LogP contribution in [0.4, 0.5) is 4.79 Å². The SMILES string of the molecule is C[C@@H]1SCC2NC(=O)N[C@@H]21. The van der Waals surface area contributed by atoms with Crippen LogP contribution in [0.25, 0.3) is 0 Å². The minimum atomic E-state index is 0.00199. The zero-order chi connectivity index (χ0) is 7.14. The molecule has 2 N–H and O–H groups in total. The van der Waals surface area contributed by atoms with Crippen LogP contribution < -0.4 is 10.6 Å². The Morgan fingerprint density at radius 2 is 2.40 bits per heavy atom. The van der Waals surface area contributed by atoms with Gasteiger partial charge in [-0.15, -0.1) is 0 Å². The van der Waals surface area contributed by atoms with Crippen molar-refractivity contribution in [3.63, 3.8) is 0 Å². The summed E-state index contributed by atoms with van der Waals surface area (Å²) in [5.41, 5.74) is 0. The molecule has 4 heteroatoms. The molecule has 0 bridgehead atoms. The molecule has 0 aromatic rings. The fraction of sp³-hybridized carbons (Fsp3) is 0.833. The second kappa shape index (κ2) is 2.05. The van der Waals surface area contributed by atoms with Gasteiger partial charge in [0.05, 0.1) is 12.1 Å². The molecule has 3 nitrogen and oxygen atoms in total. The fourth-order valence-corrected chi connectivity index (χ4v) is 2.77. The number of carbonyl (C=O) groups excluding carboxylic acids is 1. The second-order valence-corrected chi connectivity index (χ2v) is 4.20. The van der Waals surface area contributed by atoms with Crippen molar-refractivity contribution in [1.82, 2.24) is 10.6 Å². The number of urea groups is 1. The van der Waals surface area contributed by atoms with Crippen molar-refractivity contribution < 1.29 is 4.79 Å². The molecule has 0 spiro atoms. The van der Waals surface area contributed by atoms with Crippen LogP contribution in [-0.4, -0.2) is 29.1 Å². The van der Waals surface area contributed by atoms with E-state index in [0.717, 1.165) is 5.75 Å². The maximum atomic E-state index is 10.8. The molecule has 2 saturated heterocycles. The molecule has 2 amide bonds. The average Bonchev–Trinajstić information content (AvgIpc) is 2.35. The van der Waals surface area contributed by atoms with E-state index in [-0.39, 0.29) is 6.03 Å². The predicted molar refractivity (Wildman–Crippen MR) is 41.2 cm³/mol. The Morgan fingerprint density at radius 1 is 1.60 bits per heavy atom. The van der Waals surface area contributed by atoms with Gasteiger partial charge in [0.1, 0.15) is 0 Å². The highest BCUT2D eigenvalue weighted by molar-refractivity contribution is 8.00. The van der Waals surface area contributed by atoms with Crippen molar-refractivity contribution in [2.75, 3.05) is 5.75 Å². The van der Waals surface area contributed by atoms with Crippen molar-refractivity contribution in [1.29, 1.82) is 0 Å². The number of fused-ring (bicyclic) bond motifs is 1. The molecule has 10 heavy (non-hydrogen) atoms. The molecular formula is C6H10N2OS. The number of hydrogen-bond acceptors (Lipinski definition) is 2. The summed E-state index contributed by atoms with van der Waals surface area (Å²) in [7, 11) is 0. The van der Waals surface area contributed by atoms with Gasteiger partial charge in [-0.1, -0.05) is 6.92 Å². The van der Waals surface area contributed by atoms with Gasteiger partial charge < -0.3 is 10.6 Å². The van der Waals surface area contributed by atoms with E-state index in [0.29, 0.717) is 17.3 Å². The Labute approximate surface area is 63.9 Å². The van der Waals surface area contributed by atoms with E-state index < -0.39 is 0 Å². The molecule has 2 rings (SSSR count). The highest BCUT2D eigenvalue weighted by Gasteiger charge is 2.40. The summed E-state index contributed by atoms with van der Waals surface area (Å²) in [6.07, 6.45) is 0. The molecule has 0 saturated carbocycles. The lowest BCUT2D eigenvalue weighted by atomic mass is 10.1.